The Morgan fingerprint density at radius 2 is 1.33 bits per heavy atom. The number of hydrogen-bond donors (Lipinski definition) is 9. The molecule has 324 valence electrons. The third kappa shape index (κ3) is 14.6. The molecule has 1 aromatic heterocycles. The minimum atomic E-state index is -1.37. The van der Waals surface area contributed by atoms with Gasteiger partial charge in [0.1, 0.15) is 18.1 Å². The first-order chi connectivity index (χ1) is 29.3. The van der Waals surface area contributed by atoms with Gasteiger partial charge >= 0.3 is 0 Å². The summed E-state index contributed by atoms with van der Waals surface area (Å²) in [5.74, 6) is -4.10. The molecule has 7 amide bonds. The molecule has 0 saturated carbocycles. The zero-order valence-electron chi connectivity index (χ0n) is 34.6. The smallest absolute Gasteiger partial charge is 0.243 e. The Labute approximate surface area is 355 Å². The summed E-state index contributed by atoms with van der Waals surface area (Å²) in [6.07, 6.45) is 1.45. The van der Waals surface area contributed by atoms with Crippen LogP contribution in [0, 0.1) is 5.92 Å². The first-order valence-corrected chi connectivity index (χ1v) is 20.7. The van der Waals surface area contributed by atoms with Gasteiger partial charge in [-0.15, -0.1) is 0 Å². The molecule has 61 heavy (non-hydrogen) atoms. The minimum Gasteiger partial charge on any atom is -0.370 e. The average Bonchev–Trinajstić information content (AvgIpc) is 3.64. The zero-order chi connectivity index (χ0) is 43.7. The number of primary amides is 1. The van der Waals surface area contributed by atoms with Crippen molar-refractivity contribution in [2.45, 2.75) is 95.5 Å². The number of fused-ring (bicyclic) bond motifs is 1. The second kappa shape index (κ2) is 22.7. The second-order valence-electron chi connectivity index (χ2n) is 15.8. The molecule has 0 radical (unpaired) electrons. The monoisotopic (exact) mass is 835 g/mol. The van der Waals surface area contributed by atoms with E-state index in [0.717, 1.165) is 22.0 Å². The molecule has 16 heteroatoms. The normalized spacial score (nSPS) is 21.2. The van der Waals surface area contributed by atoms with Gasteiger partial charge in [0, 0.05) is 68.5 Å². The fourth-order valence-corrected chi connectivity index (χ4v) is 7.24. The maximum Gasteiger partial charge on any atom is 0.243 e. The predicted molar refractivity (Wildman–Crippen MR) is 230 cm³/mol. The highest BCUT2D eigenvalue weighted by molar-refractivity contribution is 5.96. The lowest BCUT2D eigenvalue weighted by atomic mass is 10.0. The molecular formula is C45H57N9O7. The van der Waals surface area contributed by atoms with E-state index in [0.29, 0.717) is 12.0 Å². The lowest BCUT2D eigenvalue weighted by Gasteiger charge is -2.27. The van der Waals surface area contributed by atoms with Crippen molar-refractivity contribution in [2.24, 2.45) is 11.7 Å². The summed E-state index contributed by atoms with van der Waals surface area (Å²) in [4.78, 5) is 98.5. The lowest BCUT2D eigenvalue weighted by molar-refractivity contribution is -0.134. The molecular weight excluding hydrogens is 779 g/mol. The van der Waals surface area contributed by atoms with Gasteiger partial charge < -0.3 is 47.9 Å². The van der Waals surface area contributed by atoms with E-state index in [1.54, 1.807) is 6.20 Å². The molecule has 10 N–H and O–H groups in total. The van der Waals surface area contributed by atoms with E-state index in [-0.39, 0.29) is 70.0 Å². The number of amides is 7. The summed E-state index contributed by atoms with van der Waals surface area (Å²) in [6, 6.07) is 20.4. The van der Waals surface area contributed by atoms with Gasteiger partial charge in [-0.2, -0.15) is 0 Å². The summed E-state index contributed by atoms with van der Waals surface area (Å²) < 4.78 is 0. The van der Waals surface area contributed by atoms with Crippen LogP contribution in [0.1, 0.15) is 62.6 Å². The van der Waals surface area contributed by atoms with Crippen LogP contribution in [0.5, 0.6) is 0 Å². The Morgan fingerprint density at radius 3 is 2.02 bits per heavy atom. The van der Waals surface area contributed by atoms with Gasteiger partial charge in [-0.1, -0.05) is 92.7 Å². The Morgan fingerprint density at radius 1 is 0.721 bits per heavy atom. The first-order valence-electron chi connectivity index (χ1n) is 20.7. The van der Waals surface area contributed by atoms with Crippen LogP contribution < -0.4 is 43.0 Å². The molecule has 2 heterocycles. The summed E-state index contributed by atoms with van der Waals surface area (Å²) >= 11 is 0. The summed E-state index contributed by atoms with van der Waals surface area (Å²) in [5, 5.41) is 20.9. The van der Waals surface area contributed by atoms with Gasteiger partial charge in [-0.25, -0.2) is 0 Å². The standard InChI is InChI=1S/C45H57N9O7/c1-28(2)21-32-27-49-36(24-41(57)50-25-30-13-7-4-8-14-30)44(60)52-35(17-18-39(46)55)43(59)54-38(23-31-26-48-34-16-10-9-15-33(31)34)45(61)53-37(22-29-11-5-3-6-12-29)42(58)47-20-19-40(56)51-32/h3-16,26,28,32,35-38,48-49H,17-25,27H2,1-2H3,(H2,46,55)(H,47,58)(H,50,57)(H,51,56)(H,52,60)(H,53,61)(H,54,59)/t32-,35-,36-,37-,38-/m0/s1. The van der Waals surface area contributed by atoms with Gasteiger partial charge in [0.15, 0.2) is 0 Å². The fourth-order valence-electron chi connectivity index (χ4n) is 7.24. The number of rotatable bonds is 13. The van der Waals surface area contributed by atoms with Gasteiger partial charge in [-0.3, -0.25) is 33.6 Å². The van der Waals surface area contributed by atoms with Crippen LogP contribution in [0.25, 0.3) is 10.9 Å². The molecule has 0 aliphatic carbocycles. The highest BCUT2D eigenvalue weighted by Gasteiger charge is 2.33. The maximum absolute atomic E-state index is 14.4. The van der Waals surface area contributed by atoms with E-state index in [1.807, 2.05) is 98.8 Å². The van der Waals surface area contributed by atoms with E-state index in [9.17, 15) is 33.6 Å². The SMILES string of the molecule is CC(C)C[C@H]1CN[C@@H](CC(=O)NCc2ccccc2)C(=O)N[C@@H](CCC(N)=O)C(=O)N[C@@H](Cc2c[nH]c3ccccc23)C(=O)N[C@@H](Cc2ccccc2)C(=O)NCCC(=O)N1. The van der Waals surface area contributed by atoms with Crippen molar-refractivity contribution in [3.63, 3.8) is 0 Å². The van der Waals surface area contributed by atoms with Crippen molar-refractivity contribution in [3.05, 3.63) is 108 Å². The average molecular weight is 836 g/mol. The Bertz CT molecular complexity index is 2130. The van der Waals surface area contributed by atoms with E-state index in [4.69, 9.17) is 5.73 Å². The second-order valence-corrected chi connectivity index (χ2v) is 15.8. The van der Waals surface area contributed by atoms with Crippen molar-refractivity contribution in [1.82, 2.24) is 42.2 Å². The molecule has 5 atom stereocenters. The highest BCUT2D eigenvalue weighted by Crippen LogP contribution is 2.20. The van der Waals surface area contributed by atoms with Gasteiger partial charge in [-0.05, 0) is 41.5 Å². The molecule has 1 fully saturated rings. The number of carbonyl (C=O) groups is 7. The van der Waals surface area contributed by atoms with Crippen LogP contribution in [0.3, 0.4) is 0 Å². The van der Waals surface area contributed by atoms with E-state index < -0.39 is 65.7 Å². The van der Waals surface area contributed by atoms with E-state index in [2.05, 4.69) is 42.2 Å². The van der Waals surface area contributed by atoms with Gasteiger partial charge in [0.05, 0.1) is 12.5 Å². The molecule has 1 aliphatic heterocycles. The quantitative estimate of drug-likeness (QED) is 0.0951. The fraction of sp³-hybridized carbons (Fsp3) is 0.400. The molecule has 16 nitrogen and oxygen atoms in total. The molecule has 1 aliphatic rings. The third-order valence-corrected chi connectivity index (χ3v) is 10.4. The van der Waals surface area contributed by atoms with E-state index in [1.165, 1.54) is 0 Å². The number of aromatic amines is 1. The summed E-state index contributed by atoms with van der Waals surface area (Å²) in [6.45, 7) is 4.24. The molecule has 0 unspecified atom stereocenters. The van der Waals surface area contributed by atoms with Crippen molar-refractivity contribution in [1.29, 1.82) is 0 Å². The summed E-state index contributed by atoms with van der Waals surface area (Å²) in [5.41, 5.74) is 8.63. The first kappa shape index (κ1) is 45.5. The maximum atomic E-state index is 14.4. The zero-order valence-corrected chi connectivity index (χ0v) is 34.6. The van der Waals surface area contributed by atoms with Crippen molar-refractivity contribution in [3.8, 4) is 0 Å². The minimum absolute atomic E-state index is 0.0130. The molecule has 1 saturated heterocycles. The van der Waals surface area contributed by atoms with Crippen LogP contribution in [-0.2, 0) is 52.9 Å². The van der Waals surface area contributed by atoms with Crippen molar-refractivity contribution >= 4 is 52.3 Å². The number of aromatic nitrogens is 1. The highest BCUT2D eigenvalue weighted by atomic mass is 16.2. The van der Waals surface area contributed by atoms with Crippen molar-refractivity contribution in [2.75, 3.05) is 13.1 Å². The molecule has 3 aromatic carbocycles. The largest absolute Gasteiger partial charge is 0.370 e. The van der Waals surface area contributed by atoms with Crippen LogP contribution >= 0.6 is 0 Å². The van der Waals surface area contributed by atoms with Crippen LogP contribution in [0.15, 0.2) is 91.1 Å². The van der Waals surface area contributed by atoms with Crippen LogP contribution in [0.2, 0.25) is 0 Å². The Balaban J connectivity index is 1.48. The molecule has 4 aromatic rings. The number of H-pyrrole nitrogens is 1. The molecule has 0 spiro atoms. The Kier molecular flexibility index (Phi) is 17.0. The summed E-state index contributed by atoms with van der Waals surface area (Å²) in [7, 11) is 0. The van der Waals surface area contributed by atoms with Gasteiger partial charge in [0.2, 0.25) is 41.4 Å². The predicted octanol–water partition coefficient (Wildman–Crippen LogP) is 1.39. The number of hydrogen-bond acceptors (Lipinski definition) is 8. The van der Waals surface area contributed by atoms with Gasteiger partial charge in [0.25, 0.3) is 0 Å². The number of carbonyl (C=O) groups excluding carboxylic acids is 7. The Hall–Kier alpha value is -6.55. The van der Waals surface area contributed by atoms with Crippen LogP contribution in [0.4, 0.5) is 0 Å². The number of nitrogens with one attached hydrogen (secondary N) is 8. The number of benzene rings is 3. The number of para-hydroxylation sites is 1. The topological polar surface area (TPSA) is 246 Å². The molecule has 0 bridgehead atoms. The third-order valence-electron chi connectivity index (χ3n) is 10.4. The van der Waals surface area contributed by atoms with E-state index >= 15 is 0 Å². The molecule has 5 rings (SSSR count). The lowest BCUT2D eigenvalue weighted by Crippen LogP contribution is -2.59. The number of nitrogens with two attached hydrogens (primary N) is 1. The van der Waals surface area contributed by atoms with Crippen LogP contribution in [-0.4, -0.2) is 89.6 Å². The van der Waals surface area contributed by atoms with Crippen molar-refractivity contribution < 1.29 is 33.6 Å².